The smallest absolute Gasteiger partial charge is 0.259 e. The summed E-state index contributed by atoms with van der Waals surface area (Å²) in [6.07, 6.45) is 25.2. The standard InChI is InChI=1S/C47H48ClN13OS/c1-60-26-34(22-55-60)31-16-32(45(62)61(27-31)39-13-15-44(50-23-39)57-36-10-11-37(18-36)58-46-51-20-33(21-52-46)29-6-7-29)28-63-40-24-53-47(54-25-40)59-38-12-9-35(17-38)56-43-14-8-30(19-49-43)41-4-2-3-5-42(41)48/h2-5,8,13-16,19-27,29,35-38H,6-7,9-12,17-18,28H2,1H3,(H,49,56)(H,50,57)(H,51,52,58)(H,53,54,59)/t35-,36-,37-,38-/m0/s1. The predicted octanol–water partition coefficient (Wildman–Crippen LogP) is 8.99. The summed E-state index contributed by atoms with van der Waals surface area (Å²) in [6, 6.07) is 18.8. The van der Waals surface area contributed by atoms with Crippen molar-refractivity contribution >= 4 is 46.9 Å². The Morgan fingerprint density at radius 1 is 0.651 bits per heavy atom. The molecule has 14 nitrogen and oxygen atoms in total. The summed E-state index contributed by atoms with van der Waals surface area (Å²) in [5.41, 5.74) is 6.24. The highest BCUT2D eigenvalue weighted by molar-refractivity contribution is 7.98. The van der Waals surface area contributed by atoms with Gasteiger partial charge in [-0.3, -0.25) is 14.0 Å². The van der Waals surface area contributed by atoms with E-state index in [2.05, 4.69) is 51.3 Å². The van der Waals surface area contributed by atoms with Gasteiger partial charge in [-0.25, -0.2) is 29.9 Å². The molecule has 63 heavy (non-hydrogen) atoms. The van der Waals surface area contributed by atoms with Crippen molar-refractivity contribution in [2.24, 2.45) is 7.05 Å². The van der Waals surface area contributed by atoms with Crippen LogP contribution in [0.1, 0.15) is 68.4 Å². The molecular formula is C47H48ClN13OS. The predicted molar refractivity (Wildman–Crippen MR) is 250 cm³/mol. The molecule has 4 atom stereocenters. The molecule has 4 N–H and O–H groups in total. The Hall–Kier alpha value is -6.32. The highest BCUT2D eigenvalue weighted by Crippen LogP contribution is 2.39. The van der Waals surface area contributed by atoms with Crippen LogP contribution in [0.15, 0.2) is 120 Å². The second kappa shape index (κ2) is 18.2. The maximum absolute atomic E-state index is 14.1. The summed E-state index contributed by atoms with van der Waals surface area (Å²) in [5, 5.41) is 19.3. The van der Waals surface area contributed by atoms with Crippen LogP contribution < -0.4 is 26.8 Å². The molecule has 0 amide bonds. The fraction of sp³-hybridized carbons (Fsp3) is 0.319. The molecule has 0 unspecified atom stereocenters. The molecule has 3 saturated carbocycles. The molecule has 10 rings (SSSR count). The highest BCUT2D eigenvalue weighted by atomic mass is 35.5. The molecule has 0 spiro atoms. The molecule has 6 aromatic heterocycles. The van der Waals surface area contributed by atoms with E-state index >= 15 is 0 Å². The van der Waals surface area contributed by atoms with Gasteiger partial charge in [0.2, 0.25) is 11.9 Å². The number of hydrogen-bond acceptors (Lipinski definition) is 13. The van der Waals surface area contributed by atoms with Crippen molar-refractivity contribution in [2.45, 2.75) is 92.1 Å². The number of benzene rings is 1. The number of pyridine rings is 3. The summed E-state index contributed by atoms with van der Waals surface area (Å²) < 4.78 is 3.44. The number of rotatable bonds is 15. The first-order valence-electron chi connectivity index (χ1n) is 21.6. The van der Waals surface area contributed by atoms with Crippen LogP contribution in [-0.4, -0.2) is 68.4 Å². The fourth-order valence-corrected chi connectivity index (χ4v) is 9.58. The van der Waals surface area contributed by atoms with Crippen molar-refractivity contribution < 1.29 is 0 Å². The largest absolute Gasteiger partial charge is 0.367 e. The molecule has 3 aliphatic carbocycles. The summed E-state index contributed by atoms with van der Waals surface area (Å²) >= 11 is 7.91. The van der Waals surface area contributed by atoms with Crippen molar-refractivity contribution in [1.82, 2.24) is 44.3 Å². The quantitative estimate of drug-likeness (QED) is 0.0722. The maximum atomic E-state index is 14.1. The molecule has 320 valence electrons. The van der Waals surface area contributed by atoms with Crippen LogP contribution >= 0.6 is 23.4 Å². The maximum Gasteiger partial charge on any atom is 0.259 e. The third kappa shape index (κ3) is 9.84. The van der Waals surface area contributed by atoms with Gasteiger partial charge in [-0.1, -0.05) is 29.8 Å². The van der Waals surface area contributed by atoms with E-state index in [-0.39, 0.29) is 23.7 Å². The SMILES string of the molecule is Cn1cc(-c2cc(CSc3cnc(N[C@H]4CC[C@H](Nc5ccc(-c6ccccc6Cl)cn5)C4)nc3)c(=O)n(-c3ccc(N[C@H]4CC[C@H](Nc5ncc(C6CC6)cn5)C4)nc3)c2)cn1. The summed E-state index contributed by atoms with van der Waals surface area (Å²) in [5.74, 6) is 3.99. The molecule has 0 radical (unpaired) electrons. The van der Waals surface area contributed by atoms with Crippen molar-refractivity contribution in [2.75, 3.05) is 21.3 Å². The number of hydrogen-bond donors (Lipinski definition) is 4. The van der Waals surface area contributed by atoms with Crippen LogP contribution in [0.4, 0.5) is 23.5 Å². The first-order chi connectivity index (χ1) is 30.8. The van der Waals surface area contributed by atoms with Gasteiger partial charge in [0.25, 0.3) is 5.56 Å². The van der Waals surface area contributed by atoms with Gasteiger partial charge in [-0.2, -0.15) is 5.10 Å². The Morgan fingerprint density at radius 3 is 1.87 bits per heavy atom. The monoisotopic (exact) mass is 877 g/mol. The minimum atomic E-state index is -0.106. The third-order valence-electron chi connectivity index (χ3n) is 12.1. The second-order valence-electron chi connectivity index (χ2n) is 16.8. The average molecular weight is 879 g/mol. The number of thioether (sulfide) groups is 1. The van der Waals surface area contributed by atoms with Gasteiger partial charge in [-0.05, 0) is 99.2 Å². The molecule has 1 aromatic carbocycles. The van der Waals surface area contributed by atoms with Gasteiger partial charge < -0.3 is 21.3 Å². The van der Waals surface area contributed by atoms with Crippen LogP contribution in [0.3, 0.4) is 0 Å². The Kier molecular flexibility index (Phi) is 11.8. The number of aromatic nitrogens is 9. The van der Waals surface area contributed by atoms with Gasteiger partial charge in [0.1, 0.15) is 11.6 Å². The lowest BCUT2D eigenvalue weighted by molar-refractivity contribution is 0.716. The lowest BCUT2D eigenvalue weighted by Crippen LogP contribution is -2.23. The van der Waals surface area contributed by atoms with Crippen LogP contribution in [0.25, 0.3) is 27.9 Å². The number of aryl methyl sites for hydroxylation is 1. The highest BCUT2D eigenvalue weighted by Gasteiger charge is 2.28. The second-order valence-corrected chi connectivity index (χ2v) is 18.2. The minimum absolute atomic E-state index is 0.106. The lowest BCUT2D eigenvalue weighted by Gasteiger charge is -2.16. The number of halogens is 1. The van der Waals surface area contributed by atoms with Crippen LogP contribution in [0.5, 0.6) is 0 Å². The molecular weight excluding hydrogens is 830 g/mol. The van der Waals surface area contributed by atoms with Crippen molar-refractivity contribution in [3.05, 3.63) is 137 Å². The zero-order chi connectivity index (χ0) is 42.7. The van der Waals surface area contributed by atoms with Crippen LogP contribution in [0.2, 0.25) is 5.02 Å². The van der Waals surface area contributed by atoms with Gasteiger partial charge in [0.15, 0.2) is 0 Å². The molecule has 0 aliphatic heterocycles. The lowest BCUT2D eigenvalue weighted by atomic mass is 10.1. The van der Waals surface area contributed by atoms with E-state index < -0.39 is 0 Å². The average Bonchev–Trinajstić information content (AvgIpc) is 3.66. The third-order valence-corrected chi connectivity index (χ3v) is 13.4. The number of nitrogens with one attached hydrogen (secondary N) is 4. The minimum Gasteiger partial charge on any atom is -0.367 e. The molecule has 0 saturated heterocycles. The van der Waals surface area contributed by atoms with E-state index in [0.717, 1.165) is 77.3 Å². The molecule has 0 bridgehead atoms. The zero-order valence-electron chi connectivity index (χ0n) is 34.9. The molecule has 6 heterocycles. The normalized spacial score (nSPS) is 19.5. The van der Waals surface area contributed by atoms with Crippen molar-refractivity contribution in [1.29, 1.82) is 0 Å². The molecule has 3 aliphatic rings. The van der Waals surface area contributed by atoms with E-state index in [9.17, 15) is 4.79 Å². The summed E-state index contributed by atoms with van der Waals surface area (Å²) in [7, 11) is 1.88. The zero-order valence-corrected chi connectivity index (χ0v) is 36.4. The van der Waals surface area contributed by atoms with E-state index in [0.29, 0.717) is 45.9 Å². The number of anilines is 4. The number of nitrogens with zero attached hydrogens (tertiary/aromatic N) is 9. The van der Waals surface area contributed by atoms with E-state index in [1.165, 1.54) is 30.2 Å². The Morgan fingerprint density at radius 2 is 1.29 bits per heavy atom. The van der Waals surface area contributed by atoms with Gasteiger partial charge in [0, 0.05) is 118 Å². The van der Waals surface area contributed by atoms with E-state index in [4.69, 9.17) is 16.6 Å². The van der Waals surface area contributed by atoms with Gasteiger partial charge >= 0.3 is 0 Å². The van der Waals surface area contributed by atoms with Crippen molar-refractivity contribution in [3.8, 4) is 27.9 Å². The van der Waals surface area contributed by atoms with Gasteiger partial charge in [-0.15, -0.1) is 11.8 Å². The van der Waals surface area contributed by atoms with Gasteiger partial charge in [0.05, 0.1) is 18.1 Å². The molecule has 7 aromatic rings. The fourth-order valence-electron chi connectivity index (χ4n) is 8.55. The van der Waals surface area contributed by atoms with E-state index in [1.54, 1.807) is 15.4 Å². The van der Waals surface area contributed by atoms with Crippen LogP contribution in [0, 0.1) is 0 Å². The topological polar surface area (TPSA) is 165 Å². The molecule has 16 heteroatoms. The first-order valence-corrected chi connectivity index (χ1v) is 23.0. The Balaban J connectivity index is 0.747. The van der Waals surface area contributed by atoms with Crippen LogP contribution in [-0.2, 0) is 12.8 Å². The summed E-state index contributed by atoms with van der Waals surface area (Å²) in [4.78, 5) is 42.7. The summed E-state index contributed by atoms with van der Waals surface area (Å²) in [6.45, 7) is 0. The Labute approximate surface area is 374 Å². The Bertz CT molecular complexity index is 2720. The molecule has 3 fully saturated rings. The van der Waals surface area contributed by atoms with E-state index in [1.807, 2.05) is 111 Å². The first kappa shape index (κ1) is 40.7. The van der Waals surface area contributed by atoms with Crippen molar-refractivity contribution in [3.63, 3.8) is 0 Å².